The first-order chi connectivity index (χ1) is 12.9. The molecule has 5 nitrogen and oxygen atoms in total. The van der Waals surface area contributed by atoms with Crippen molar-refractivity contribution in [1.82, 2.24) is 5.32 Å². The van der Waals surface area contributed by atoms with Crippen LogP contribution in [0.5, 0.6) is 0 Å². The number of aliphatic imine (C=N–C) groups is 1. The number of halogens is 2. The van der Waals surface area contributed by atoms with Crippen molar-refractivity contribution in [2.24, 2.45) is 4.99 Å². The van der Waals surface area contributed by atoms with Gasteiger partial charge < -0.3 is 10.6 Å². The number of carbonyl (C=O) groups excluding carboxylic acids is 2. The number of thioether (sulfide) groups is 1. The van der Waals surface area contributed by atoms with Crippen LogP contribution >= 0.6 is 11.8 Å². The van der Waals surface area contributed by atoms with E-state index in [-0.39, 0.29) is 24.1 Å². The maximum atomic E-state index is 13.6. The Morgan fingerprint density at radius 2 is 2.00 bits per heavy atom. The van der Waals surface area contributed by atoms with Crippen molar-refractivity contribution in [3.63, 3.8) is 0 Å². The first kappa shape index (κ1) is 19.0. The molecule has 0 aliphatic carbocycles. The lowest BCUT2D eigenvalue weighted by molar-refractivity contribution is -0.122. The Morgan fingerprint density at radius 3 is 2.70 bits per heavy atom. The molecule has 0 radical (unpaired) electrons. The number of rotatable bonds is 5. The second kappa shape index (κ2) is 8.30. The highest BCUT2D eigenvalue weighted by atomic mass is 32.2. The first-order valence-electron chi connectivity index (χ1n) is 8.27. The number of amidine groups is 1. The van der Waals surface area contributed by atoms with E-state index in [0.29, 0.717) is 11.2 Å². The van der Waals surface area contributed by atoms with Crippen LogP contribution in [0.3, 0.4) is 0 Å². The van der Waals surface area contributed by atoms with Crippen LogP contribution in [0.15, 0.2) is 53.5 Å². The predicted octanol–water partition coefficient (Wildman–Crippen LogP) is 3.64. The minimum Gasteiger partial charge on any atom is -0.324 e. The highest BCUT2D eigenvalue weighted by Crippen LogP contribution is 2.26. The number of anilines is 1. The summed E-state index contributed by atoms with van der Waals surface area (Å²) in [6, 6.07) is 12.3. The summed E-state index contributed by atoms with van der Waals surface area (Å²) in [5.74, 6) is -2.46. The van der Waals surface area contributed by atoms with Crippen molar-refractivity contribution < 1.29 is 18.4 Å². The van der Waals surface area contributed by atoms with Crippen molar-refractivity contribution >= 4 is 34.4 Å². The van der Waals surface area contributed by atoms with E-state index in [1.165, 1.54) is 0 Å². The second-order valence-corrected chi connectivity index (χ2v) is 7.18. The van der Waals surface area contributed by atoms with E-state index in [4.69, 9.17) is 0 Å². The molecule has 140 valence electrons. The van der Waals surface area contributed by atoms with Crippen LogP contribution in [-0.4, -0.2) is 22.2 Å². The summed E-state index contributed by atoms with van der Waals surface area (Å²) >= 11 is 1.16. The summed E-state index contributed by atoms with van der Waals surface area (Å²) in [7, 11) is 0. The number of nitrogens with one attached hydrogen (secondary N) is 2. The van der Waals surface area contributed by atoms with Gasteiger partial charge in [0.15, 0.2) is 5.17 Å². The summed E-state index contributed by atoms with van der Waals surface area (Å²) in [5, 5.41) is 4.80. The maximum Gasteiger partial charge on any atom is 0.240 e. The lowest BCUT2D eigenvalue weighted by Crippen LogP contribution is -2.28. The zero-order chi connectivity index (χ0) is 19.4. The topological polar surface area (TPSA) is 70.6 Å². The number of carbonyl (C=O) groups is 2. The van der Waals surface area contributed by atoms with Gasteiger partial charge in [-0.3, -0.25) is 14.6 Å². The number of amides is 2. The SMILES string of the molecule is C[C@@H](N=C1NC(=O)[C@H](CC(=O)Nc2ccc(F)cc2F)S1)c1ccccc1. The average molecular weight is 389 g/mol. The highest BCUT2D eigenvalue weighted by molar-refractivity contribution is 8.15. The smallest absolute Gasteiger partial charge is 0.240 e. The van der Waals surface area contributed by atoms with Gasteiger partial charge in [-0.15, -0.1) is 0 Å². The summed E-state index contributed by atoms with van der Waals surface area (Å²) in [6.45, 7) is 1.91. The van der Waals surface area contributed by atoms with E-state index in [0.717, 1.165) is 29.5 Å². The Hall–Kier alpha value is -2.74. The molecule has 2 N–H and O–H groups in total. The largest absolute Gasteiger partial charge is 0.324 e. The molecular formula is C19H17F2N3O2S. The molecule has 2 amide bonds. The van der Waals surface area contributed by atoms with Crippen LogP contribution in [0, 0.1) is 11.6 Å². The van der Waals surface area contributed by atoms with E-state index >= 15 is 0 Å². The van der Waals surface area contributed by atoms with Crippen LogP contribution < -0.4 is 10.6 Å². The van der Waals surface area contributed by atoms with Gasteiger partial charge >= 0.3 is 0 Å². The van der Waals surface area contributed by atoms with Gasteiger partial charge in [0.05, 0.1) is 11.7 Å². The van der Waals surface area contributed by atoms with Gasteiger partial charge in [-0.1, -0.05) is 42.1 Å². The maximum absolute atomic E-state index is 13.6. The molecule has 1 heterocycles. The molecule has 8 heteroatoms. The molecule has 0 aromatic heterocycles. The van der Waals surface area contributed by atoms with Crippen LogP contribution in [0.25, 0.3) is 0 Å². The molecule has 1 aliphatic heterocycles. The quantitative estimate of drug-likeness (QED) is 0.820. The predicted molar refractivity (Wildman–Crippen MR) is 101 cm³/mol. The number of benzene rings is 2. The van der Waals surface area contributed by atoms with E-state index in [1.807, 2.05) is 37.3 Å². The molecule has 27 heavy (non-hydrogen) atoms. The van der Waals surface area contributed by atoms with Crippen LogP contribution in [0.2, 0.25) is 0 Å². The first-order valence-corrected chi connectivity index (χ1v) is 9.15. The zero-order valence-electron chi connectivity index (χ0n) is 14.4. The summed E-state index contributed by atoms with van der Waals surface area (Å²) in [6.07, 6.45) is -0.147. The Kier molecular flexibility index (Phi) is 5.85. The van der Waals surface area contributed by atoms with E-state index in [2.05, 4.69) is 15.6 Å². The molecule has 2 aromatic rings. The monoisotopic (exact) mass is 389 g/mol. The van der Waals surface area contributed by atoms with Crippen LogP contribution in [0.4, 0.5) is 14.5 Å². The summed E-state index contributed by atoms with van der Waals surface area (Å²) in [5.41, 5.74) is 0.879. The molecule has 1 fully saturated rings. The Morgan fingerprint density at radius 1 is 1.26 bits per heavy atom. The van der Waals surface area contributed by atoms with Crippen molar-refractivity contribution in [3.05, 3.63) is 65.7 Å². The molecule has 0 unspecified atom stereocenters. The average Bonchev–Trinajstić information content (AvgIpc) is 2.97. The van der Waals surface area contributed by atoms with E-state index < -0.39 is 22.8 Å². The Labute approximate surface area is 159 Å². The molecule has 0 bridgehead atoms. The number of hydrogen-bond acceptors (Lipinski definition) is 4. The number of nitrogens with zero attached hydrogens (tertiary/aromatic N) is 1. The normalized spacial score (nSPS) is 19.0. The van der Waals surface area contributed by atoms with Crippen molar-refractivity contribution in [1.29, 1.82) is 0 Å². The lowest BCUT2D eigenvalue weighted by atomic mass is 10.1. The fourth-order valence-electron chi connectivity index (χ4n) is 2.54. The van der Waals surface area contributed by atoms with E-state index in [9.17, 15) is 18.4 Å². The Balaban J connectivity index is 1.60. The van der Waals surface area contributed by atoms with Crippen molar-refractivity contribution in [2.45, 2.75) is 24.6 Å². The van der Waals surface area contributed by atoms with Gasteiger partial charge in [0.2, 0.25) is 11.8 Å². The van der Waals surface area contributed by atoms with Gasteiger partial charge in [0.25, 0.3) is 0 Å². The third kappa shape index (κ3) is 4.91. The standard InChI is InChI=1S/C19H17F2N3O2S/c1-11(12-5-3-2-4-6-12)22-19-24-18(26)16(27-19)10-17(25)23-15-8-7-13(20)9-14(15)21/h2-9,11,16H,10H2,1H3,(H,23,25)(H,22,24,26)/t11-,16+/m1/s1. The van der Waals surface area contributed by atoms with Gasteiger partial charge in [0.1, 0.15) is 16.9 Å². The minimum atomic E-state index is -0.870. The fraction of sp³-hybridized carbons (Fsp3) is 0.211. The van der Waals surface area contributed by atoms with Gasteiger partial charge in [-0.2, -0.15) is 0 Å². The molecule has 0 saturated carbocycles. The molecule has 3 rings (SSSR count). The van der Waals surface area contributed by atoms with Crippen LogP contribution in [0.1, 0.15) is 24.9 Å². The third-order valence-electron chi connectivity index (χ3n) is 3.95. The van der Waals surface area contributed by atoms with Gasteiger partial charge in [-0.05, 0) is 24.6 Å². The van der Waals surface area contributed by atoms with Gasteiger partial charge in [0, 0.05) is 12.5 Å². The molecule has 1 saturated heterocycles. The zero-order valence-corrected chi connectivity index (χ0v) is 15.2. The molecule has 2 atom stereocenters. The minimum absolute atomic E-state index is 0.128. The molecule has 1 aliphatic rings. The summed E-state index contributed by atoms with van der Waals surface area (Å²) in [4.78, 5) is 28.7. The Bertz CT molecular complexity index is 890. The van der Waals surface area contributed by atoms with E-state index in [1.54, 1.807) is 0 Å². The molecular weight excluding hydrogens is 372 g/mol. The van der Waals surface area contributed by atoms with Crippen molar-refractivity contribution in [2.75, 3.05) is 5.32 Å². The van der Waals surface area contributed by atoms with Crippen LogP contribution in [-0.2, 0) is 9.59 Å². The molecule has 0 spiro atoms. The highest BCUT2D eigenvalue weighted by Gasteiger charge is 2.32. The second-order valence-electron chi connectivity index (χ2n) is 5.99. The lowest BCUT2D eigenvalue weighted by Gasteiger charge is -2.08. The third-order valence-corrected chi connectivity index (χ3v) is 5.04. The van der Waals surface area contributed by atoms with Crippen molar-refractivity contribution in [3.8, 4) is 0 Å². The molecule has 2 aromatic carbocycles. The summed E-state index contributed by atoms with van der Waals surface area (Å²) < 4.78 is 26.5. The van der Waals surface area contributed by atoms with Gasteiger partial charge in [-0.25, -0.2) is 8.78 Å². The number of hydrogen-bond donors (Lipinski definition) is 2. The fourth-order valence-corrected chi connectivity index (χ4v) is 3.59.